The van der Waals surface area contributed by atoms with Crippen molar-refractivity contribution in [2.75, 3.05) is 18.5 Å². The molecule has 136 valence electrons. The van der Waals surface area contributed by atoms with Gasteiger partial charge in [0.2, 0.25) is 0 Å². The number of nitrogens with one attached hydrogen (secondary N) is 1. The first-order chi connectivity index (χ1) is 12.8. The van der Waals surface area contributed by atoms with Crippen molar-refractivity contribution < 1.29 is 4.74 Å². The molecule has 0 aliphatic carbocycles. The van der Waals surface area contributed by atoms with Gasteiger partial charge in [-0.05, 0) is 37.5 Å². The molecule has 0 unspecified atom stereocenters. The third-order valence-corrected chi connectivity index (χ3v) is 4.10. The minimum atomic E-state index is 0.759. The Bertz CT molecular complexity index is 813. The van der Waals surface area contributed by atoms with Crippen LogP contribution in [0.15, 0.2) is 49.1 Å². The fraction of sp³-hybridized carbons (Fsp3) is 0.350. The molecular formula is C20H25N5O. The van der Waals surface area contributed by atoms with E-state index in [1.54, 1.807) is 18.6 Å². The topological polar surface area (TPSA) is 64.9 Å². The van der Waals surface area contributed by atoms with Crippen molar-refractivity contribution >= 4 is 5.82 Å². The van der Waals surface area contributed by atoms with Gasteiger partial charge in [-0.1, -0.05) is 25.5 Å². The zero-order valence-corrected chi connectivity index (χ0v) is 15.4. The van der Waals surface area contributed by atoms with E-state index in [0.29, 0.717) is 0 Å². The Balaban J connectivity index is 1.51. The summed E-state index contributed by atoms with van der Waals surface area (Å²) in [5.41, 5.74) is 1.26. The van der Waals surface area contributed by atoms with Crippen LogP contribution in [0.1, 0.15) is 31.2 Å². The maximum Gasteiger partial charge on any atom is 0.159 e. The van der Waals surface area contributed by atoms with Crippen LogP contribution in [0.25, 0.3) is 5.82 Å². The first kappa shape index (κ1) is 17.9. The van der Waals surface area contributed by atoms with Crippen LogP contribution in [0.2, 0.25) is 0 Å². The van der Waals surface area contributed by atoms with Gasteiger partial charge in [0.05, 0.1) is 19.0 Å². The van der Waals surface area contributed by atoms with Crippen molar-refractivity contribution in [3.05, 3.63) is 60.4 Å². The van der Waals surface area contributed by atoms with Crippen LogP contribution in [0, 0.1) is 6.92 Å². The number of aryl methyl sites for hydroxylation is 1. The summed E-state index contributed by atoms with van der Waals surface area (Å²) in [6, 6.07) is 8.29. The van der Waals surface area contributed by atoms with Crippen molar-refractivity contribution in [3.8, 4) is 11.6 Å². The summed E-state index contributed by atoms with van der Waals surface area (Å²) in [5.74, 6) is 3.34. The summed E-state index contributed by atoms with van der Waals surface area (Å²) < 4.78 is 7.60. The number of rotatable bonds is 9. The summed E-state index contributed by atoms with van der Waals surface area (Å²) in [7, 11) is 0. The van der Waals surface area contributed by atoms with Crippen molar-refractivity contribution in [1.29, 1.82) is 0 Å². The highest BCUT2D eigenvalue weighted by Crippen LogP contribution is 2.14. The average Bonchev–Trinajstić information content (AvgIpc) is 3.09. The summed E-state index contributed by atoms with van der Waals surface area (Å²) in [6.45, 7) is 5.67. The Morgan fingerprint density at radius 3 is 2.73 bits per heavy atom. The Morgan fingerprint density at radius 1 is 1.15 bits per heavy atom. The van der Waals surface area contributed by atoms with E-state index >= 15 is 0 Å². The minimum absolute atomic E-state index is 0.759. The van der Waals surface area contributed by atoms with E-state index in [1.165, 1.54) is 5.56 Å². The SMILES string of the molecule is CCCCOc1ccc(CCNc2cncc(-n3ccnc3C)n2)cc1. The molecule has 1 N–H and O–H groups in total. The number of anilines is 1. The molecule has 0 atom stereocenters. The van der Waals surface area contributed by atoms with E-state index < -0.39 is 0 Å². The zero-order chi connectivity index (χ0) is 18.2. The Morgan fingerprint density at radius 2 is 2.00 bits per heavy atom. The molecule has 6 nitrogen and oxygen atoms in total. The largest absolute Gasteiger partial charge is 0.494 e. The molecule has 0 saturated carbocycles. The number of nitrogens with zero attached hydrogens (tertiary/aromatic N) is 4. The molecule has 1 aromatic carbocycles. The molecule has 3 rings (SSSR count). The third kappa shape index (κ3) is 4.81. The molecule has 0 saturated heterocycles. The van der Waals surface area contributed by atoms with E-state index in [0.717, 1.165) is 55.6 Å². The quantitative estimate of drug-likeness (QED) is 0.594. The van der Waals surface area contributed by atoms with Gasteiger partial charge in [0.15, 0.2) is 5.82 Å². The number of hydrogen-bond donors (Lipinski definition) is 1. The molecule has 2 aromatic heterocycles. The predicted molar refractivity (Wildman–Crippen MR) is 103 cm³/mol. The van der Waals surface area contributed by atoms with Crippen LogP contribution < -0.4 is 10.1 Å². The highest BCUT2D eigenvalue weighted by Gasteiger charge is 2.04. The number of aromatic nitrogens is 4. The standard InChI is InChI=1S/C20H25N5O/c1-3-4-13-26-18-7-5-17(6-8-18)9-10-23-19-14-21-15-20(24-19)25-12-11-22-16(25)2/h5-8,11-12,14-15H,3-4,9-10,13H2,1-2H3,(H,23,24). The molecular weight excluding hydrogens is 326 g/mol. The molecule has 0 spiro atoms. The van der Waals surface area contributed by atoms with Gasteiger partial charge in [-0.2, -0.15) is 0 Å². The minimum Gasteiger partial charge on any atom is -0.494 e. The predicted octanol–water partition coefficient (Wildman–Crippen LogP) is 3.80. The van der Waals surface area contributed by atoms with Gasteiger partial charge in [0, 0.05) is 18.9 Å². The van der Waals surface area contributed by atoms with Crippen LogP contribution in [-0.4, -0.2) is 32.7 Å². The van der Waals surface area contributed by atoms with Gasteiger partial charge < -0.3 is 10.1 Å². The molecule has 3 aromatic rings. The van der Waals surface area contributed by atoms with Crippen LogP contribution >= 0.6 is 0 Å². The molecule has 0 amide bonds. The number of imidazole rings is 1. The third-order valence-electron chi connectivity index (χ3n) is 4.10. The molecule has 0 bridgehead atoms. The van der Waals surface area contributed by atoms with Gasteiger partial charge in [0.1, 0.15) is 17.4 Å². The van der Waals surface area contributed by atoms with Gasteiger partial charge in [-0.25, -0.2) is 9.97 Å². The number of benzene rings is 1. The molecule has 0 fully saturated rings. The van der Waals surface area contributed by atoms with Gasteiger partial charge >= 0.3 is 0 Å². The lowest BCUT2D eigenvalue weighted by molar-refractivity contribution is 0.309. The van der Waals surface area contributed by atoms with Crippen LogP contribution in [0.3, 0.4) is 0 Å². The Labute approximate surface area is 154 Å². The number of hydrogen-bond acceptors (Lipinski definition) is 5. The van der Waals surface area contributed by atoms with Crippen molar-refractivity contribution in [3.63, 3.8) is 0 Å². The Hall–Kier alpha value is -2.89. The van der Waals surface area contributed by atoms with E-state index in [4.69, 9.17) is 4.74 Å². The van der Waals surface area contributed by atoms with E-state index in [1.807, 2.05) is 29.8 Å². The fourth-order valence-electron chi connectivity index (χ4n) is 2.60. The first-order valence-electron chi connectivity index (χ1n) is 9.04. The summed E-state index contributed by atoms with van der Waals surface area (Å²) >= 11 is 0. The molecule has 6 heteroatoms. The van der Waals surface area contributed by atoms with E-state index in [2.05, 4.69) is 39.3 Å². The monoisotopic (exact) mass is 351 g/mol. The van der Waals surface area contributed by atoms with Crippen molar-refractivity contribution in [1.82, 2.24) is 19.5 Å². The molecule has 26 heavy (non-hydrogen) atoms. The summed E-state index contributed by atoms with van der Waals surface area (Å²) in [6.07, 6.45) is 10.3. The number of unbranched alkanes of at least 4 members (excludes halogenated alkanes) is 1. The molecule has 2 heterocycles. The van der Waals surface area contributed by atoms with Crippen molar-refractivity contribution in [2.45, 2.75) is 33.1 Å². The second-order valence-corrected chi connectivity index (χ2v) is 6.13. The average molecular weight is 351 g/mol. The van der Waals surface area contributed by atoms with Gasteiger partial charge in [0.25, 0.3) is 0 Å². The fourth-order valence-corrected chi connectivity index (χ4v) is 2.60. The normalized spacial score (nSPS) is 10.7. The maximum absolute atomic E-state index is 5.69. The highest BCUT2D eigenvalue weighted by molar-refractivity contribution is 5.37. The second kappa shape index (κ2) is 8.99. The van der Waals surface area contributed by atoms with Crippen molar-refractivity contribution in [2.24, 2.45) is 0 Å². The van der Waals surface area contributed by atoms with Crippen LogP contribution in [0.4, 0.5) is 5.82 Å². The summed E-state index contributed by atoms with van der Waals surface area (Å²) in [5, 5.41) is 3.33. The van der Waals surface area contributed by atoms with Crippen LogP contribution in [0.5, 0.6) is 5.75 Å². The summed E-state index contributed by atoms with van der Waals surface area (Å²) in [4.78, 5) is 13.1. The first-order valence-corrected chi connectivity index (χ1v) is 9.04. The maximum atomic E-state index is 5.69. The molecule has 0 aliphatic heterocycles. The van der Waals surface area contributed by atoms with Gasteiger partial charge in [-0.15, -0.1) is 0 Å². The second-order valence-electron chi connectivity index (χ2n) is 6.13. The lowest BCUT2D eigenvalue weighted by Gasteiger charge is -2.09. The van der Waals surface area contributed by atoms with Gasteiger partial charge in [-0.3, -0.25) is 9.55 Å². The number of ether oxygens (including phenoxy) is 1. The molecule has 0 aliphatic rings. The zero-order valence-electron chi connectivity index (χ0n) is 15.4. The Kier molecular flexibility index (Phi) is 6.19. The van der Waals surface area contributed by atoms with E-state index in [-0.39, 0.29) is 0 Å². The van der Waals surface area contributed by atoms with E-state index in [9.17, 15) is 0 Å². The lowest BCUT2D eigenvalue weighted by atomic mass is 10.1. The smallest absolute Gasteiger partial charge is 0.159 e. The van der Waals surface area contributed by atoms with Crippen LogP contribution in [-0.2, 0) is 6.42 Å². The lowest BCUT2D eigenvalue weighted by Crippen LogP contribution is -2.08. The highest BCUT2D eigenvalue weighted by atomic mass is 16.5. The molecule has 0 radical (unpaired) electrons.